The second-order valence-electron chi connectivity index (χ2n) is 3.11. The van der Waals surface area contributed by atoms with Crippen LogP contribution in [0.3, 0.4) is 0 Å². The number of nitrogens with one attached hydrogen (secondary N) is 1. The highest BCUT2D eigenvalue weighted by Gasteiger charge is 2.04. The van der Waals surface area contributed by atoms with Gasteiger partial charge in [-0.25, -0.2) is 0 Å². The Hall–Kier alpha value is -1.39. The second kappa shape index (κ2) is 5.36. The van der Waals surface area contributed by atoms with Crippen molar-refractivity contribution in [2.75, 3.05) is 0 Å². The number of carbonyl (C=O) groups is 1. The molecule has 0 saturated carbocycles. The largest absolute Gasteiger partial charge is 0.349 e. The van der Waals surface area contributed by atoms with Crippen molar-refractivity contribution in [2.24, 2.45) is 0 Å². The fraction of sp³-hybridized carbons (Fsp3) is 0.667. The fourth-order valence-electron chi connectivity index (χ4n) is 1.02. The van der Waals surface area contributed by atoms with Gasteiger partial charge in [0.1, 0.15) is 0 Å². The van der Waals surface area contributed by atoms with Crippen LogP contribution in [0.15, 0.2) is 4.52 Å². The summed E-state index contributed by atoms with van der Waals surface area (Å²) in [6, 6.07) is 0. The Morgan fingerprint density at radius 1 is 1.64 bits per heavy atom. The lowest BCUT2D eigenvalue weighted by Crippen LogP contribution is -2.22. The molecule has 5 nitrogen and oxygen atoms in total. The van der Waals surface area contributed by atoms with Gasteiger partial charge in [-0.2, -0.15) is 4.98 Å². The molecule has 0 fully saturated rings. The van der Waals surface area contributed by atoms with Crippen molar-refractivity contribution >= 4 is 5.91 Å². The molecule has 0 radical (unpaired) electrons. The Balaban J connectivity index is 0.00000196. The van der Waals surface area contributed by atoms with E-state index in [0.29, 0.717) is 24.7 Å². The average molecular weight is 199 g/mol. The number of aromatic nitrogens is 2. The standard InChI is InChI=1S/C9H15N3O2.H2/c1-3-4-5-9(13)10-6-8-11-7(2)14-12-8;/h3-6H2,1-2H3,(H,10,13);1H. The van der Waals surface area contributed by atoms with Gasteiger partial charge >= 0.3 is 0 Å². The van der Waals surface area contributed by atoms with E-state index in [0.717, 1.165) is 12.8 Å². The zero-order valence-electron chi connectivity index (χ0n) is 8.54. The molecule has 1 amide bonds. The molecule has 0 aromatic carbocycles. The maximum atomic E-state index is 11.2. The van der Waals surface area contributed by atoms with Crippen molar-refractivity contribution in [1.29, 1.82) is 0 Å². The van der Waals surface area contributed by atoms with Crippen LogP contribution in [0.1, 0.15) is 39.3 Å². The summed E-state index contributed by atoms with van der Waals surface area (Å²) in [5, 5.41) is 6.39. The minimum atomic E-state index is 0. The molecule has 1 rings (SSSR count). The zero-order valence-corrected chi connectivity index (χ0v) is 8.54. The van der Waals surface area contributed by atoms with Gasteiger partial charge in [0.05, 0.1) is 6.54 Å². The molecule has 0 unspecified atom stereocenters. The normalized spacial score (nSPS) is 10.1. The van der Waals surface area contributed by atoms with Gasteiger partial charge in [-0.3, -0.25) is 4.79 Å². The van der Waals surface area contributed by atoms with Gasteiger partial charge in [-0.1, -0.05) is 18.5 Å². The third-order valence-electron chi connectivity index (χ3n) is 1.77. The summed E-state index contributed by atoms with van der Waals surface area (Å²) in [5.41, 5.74) is 0. The van der Waals surface area contributed by atoms with Crippen LogP contribution < -0.4 is 5.32 Å². The smallest absolute Gasteiger partial charge is 0.223 e. The number of rotatable bonds is 5. The van der Waals surface area contributed by atoms with Crippen LogP contribution in [0.2, 0.25) is 0 Å². The van der Waals surface area contributed by atoms with Crippen molar-refractivity contribution < 1.29 is 10.7 Å². The van der Waals surface area contributed by atoms with Gasteiger partial charge < -0.3 is 9.84 Å². The minimum Gasteiger partial charge on any atom is -0.349 e. The van der Waals surface area contributed by atoms with E-state index in [1.54, 1.807) is 6.92 Å². The molecular formula is C9H17N3O2. The monoisotopic (exact) mass is 199 g/mol. The lowest BCUT2D eigenvalue weighted by Gasteiger charge is -2.00. The first-order chi connectivity index (χ1) is 6.72. The van der Waals surface area contributed by atoms with E-state index >= 15 is 0 Å². The molecule has 80 valence electrons. The van der Waals surface area contributed by atoms with Crippen LogP contribution in [0.25, 0.3) is 0 Å². The SMILES string of the molecule is CCCCC(=O)NCc1noc(C)n1.[HH]. The van der Waals surface area contributed by atoms with Crippen LogP contribution in [0.4, 0.5) is 0 Å². The topological polar surface area (TPSA) is 68.0 Å². The number of nitrogens with zero attached hydrogens (tertiary/aromatic N) is 2. The van der Waals surface area contributed by atoms with Gasteiger partial charge in [0.15, 0.2) is 5.82 Å². The minimum absolute atomic E-state index is 0. The predicted molar refractivity (Wildman–Crippen MR) is 52.5 cm³/mol. The zero-order chi connectivity index (χ0) is 10.4. The summed E-state index contributed by atoms with van der Waals surface area (Å²) >= 11 is 0. The summed E-state index contributed by atoms with van der Waals surface area (Å²) in [4.78, 5) is 15.2. The molecule has 0 spiro atoms. The van der Waals surface area contributed by atoms with Gasteiger partial charge in [-0.15, -0.1) is 0 Å². The van der Waals surface area contributed by atoms with Gasteiger partial charge in [0.25, 0.3) is 0 Å². The molecule has 1 heterocycles. The number of amides is 1. The first kappa shape index (κ1) is 10.7. The van der Waals surface area contributed by atoms with Crippen LogP contribution in [0.5, 0.6) is 0 Å². The number of unbranched alkanes of at least 4 members (excludes halogenated alkanes) is 1. The molecule has 1 N–H and O–H groups in total. The van der Waals surface area contributed by atoms with Crippen molar-refractivity contribution in [3.05, 3.63) is 11.7 Å². The molecule has 0 bridgehead atoms. The first-order valence-electron chi connectivity index (χ1n) is 4.78. The summed E-state index contributed by atoms with van der Waals surface area (Å²) in [7, 11) is 0. The Morgan fingerprint density at radius 3 is 3.00 bits per heavy atom. The molecule has 0 aliphatic rings. The highest BCUT2D eigenvalue weighted by Crippen LogP contribution is 1.96. The van der Waals surface area contributed by atoms with Crippen molar-refractivity contribution in [3.8, 4) is 0 Å². The summed E-state index contributed by atoms with van der Waals surface area (Å²) < 4.78 is 4.77. The molecular weight excluding hydrogens is 182 g/mol. The molecule has 5 heteroatoms. The van der Waals surface area contributed by atoms with Crippen molar-refractivity contribution in [3.63, 3.8) is 0 Å². The van der Waals surface area contributed by atoms with Gasteiger partial charge in [0.2, 0.25) is 11.8 Å². The molecule has 14 heavy (non-hydrogen) atoms. The molecule has 0 aliphatic heterocycles. The first-order valence-corrected chi connectivity index (χ1v) is 4.78. The number of aryl methyl sites for hydroxylation is 1. The third-order valence-corrected chi connectivity index (χ3v) is 1.77. The van der Waals surface area contributed by atoms with E-state index < -0.39 is 0 Å². The molecule has 1 aromatic heterocycles. The highest BCUT2D eigenvalue weighted by atomic mass is 16.5. The molecule has 0 atom stereocenters. The molecule has 0 aliphatic carbocycles. The summed E-state index contributed by atoms with van der Waals surface area (Å²) in [6.45, 7) is 4.12. The Morgan fingerprint density at radius 2 is 2.43 bits per heavy atom. The predicted octanol–water partition coefficient (Wildman–Crippen LogP) is 1.43. The van der Waals surface area contributed by atoms with E-state index in [2.05, 4.69) is 22.4 Å². The van der Waals surface area contributed by atoms with Crippen LogP contribution in [0, 0.1) is 6.92 Å². The highest BCUT2D eigenvalue weighted by molar-refractivity contribution is 5.75. The Bertz CT molecular complexity index is 301. The summed E-state index contributed by atoms with van der Waals surface area (Å²) in [5.74, 6) is 1.07. The maximum Gasteiger partial charge on any atom is 0.223 e. The van der Waals surface area contributed by atoms with Gasteiger partial charge in [-0.05, 0) is 6.42 Å². The average Bonchev–Trinajstić information content (AvgIpc) is 2.58. The third kappa shape index (κ3) is 3.55. The second-order valence-corrected chi connectivity index (χ2v) is 3.11. The van der Waals surface area contributed by atoms with Crippen LogP contribution in [-0.4, -0.2) is 16.0 Å². The lowest BCUT2D eigenvalue weighted by atomic mass is 10.2. The lowest BCUT2D eigenvalue weighted by molar-refractivity contribution is -0.121. The van der Waals surface area contributed by atoms with Crippen LogP contribution in [-0.2, 0) is 11.3 Å². The number of hydrogen-bond acceptors (Lipinski definition) is 4. The fourth-order valence-corrected chi connectivity index (χ4v) is 1.02. The molecule has 1 aromatic rings. The van der Waals surface area contributed by atoms with E-state index in [-0.39, 0.29) is 7.33 Å². The van der Waals surface area contributed by atoms with Gasteiger partial charge in [0, 0.05) is 14.8 Å². The van der Waals surface area contributed by atoms with E-state index in [1.165, 1.54) is 0 Å². The Labute approximate surface area is 84.4 Å². The Kier molecular flexibility index (Phi) is 4.10. The van der Waals surface area contributed by atoms with Crippen molar-refractivity contribution in [1.82, 2.24) is 15.5 Å². The van der Waals surface area contributed by atoms with E-state index in [1.807, 2.05) is 0 Å². The van der Waals surface area contributed by atoms with E-state index in [4.69, 9.17) is 4.52 Å². The van der Waals surface area contributed by atoms with E-state index in [9.17, 15) is 4.79 Å². The quantitative estimate of drug-likeness (QED) is 0.778. The number of hydrogen-bond donors (Lipinski definition) is 1. The number of carbonyl (C=O) groups excluding carboxylic acids is 1. The van der Waals surface area contributed by atoms with Crippen LogP contribution >= 0.6 is 0 Å². The summed E-state index contributed by atoms with van der Waals surface area (Å²) in [6.07, 6.45) is 2.50. The maximum absolute atomic E-state index is 11.2. The molecule has 0 saturated heterocycles. The van der Waals surface area contributed by atoms with Crippen molar-refractivity contribution in [2.45, 2.75) is 39.7 Å².